The van der Waals surface area contributed by atoms with Crippen LogP contribution in [0.15, 0.2) is 0 Å². The summed E-state index contributed by atoms with van der Waals surface area (Å²) >= 11 is 1.87. The van der Waals surface area contributed by atoms with E-state index in [0.717, 1.165) is 5.69 Å². The molecule has 1 aliphatic carbocycles. The number of aryl methyl sites for hydroxylation is 2. The second kappa shape index (κ2) is 6.08. The molecule has 0 atom stereocenters. The number of rotatable bonds is 5. The van der Waals surface area contributed by atoms with Crippen molar-refractivity contribution >= 4 is 23.4 Å². The molecule has 0 unspecified atom stereocenters. The fourth-order valence-electron chi connectivity index (χ4n) is 2.86. The summed E-state index contributed by atoms with van der Waals surface area (Å²) in [6, 6.07) is 0. The predicted octanol–water partition coefficient (Wildman–Crippen LogP) is 2.20. The molecule has 5 nitrogen and oxygen atoms in total. The zero-order chi connectivity index (χ0) is 14.8. The lowest BCUT2D eigenvalue weighted by molar-refractivity contribution is 0.0940. The summed E-state index contributed by atoms with van der Waals surface area (Å²) < 4.78 is 1.89. The number of hydrogen-bond donors (Lipinski definition) is 2. The van der Waals surface area contributed by atoms with E-state index in [1.54, 1.807) is 4.68 Å². The molecule has 0 bridgehead atoms. The Hall–Kier alpha value is -1.17. The third kappa shape index (κ3) is 2.80. The highest BCUT2D eigenvalue weighted by molar-refractivity contribution is 8.00. The van der Waals surface area contributed by atoms with Crippen molar-refractivity contribution in [2.24, 2.45) is 0 Å². The molecule has 0 spiro atoms. The largest absolute Gasteiger partial charge is 0.395 e. The maximum absolute atomic E-state index is 12.4. The quantitative estimate of drug-likeness (QED) is 0.873. The van der Waals surface area contributed by atoms with E-state index in [9.17, 15) is 4.79 Å². The first-order chi connectivity index (χ1) is 9.53. The number of carbonyl (C=O) groups excluding carboxylic acids is 1. The molecule has 1 aromatic heterocycles. The van der Waals surface area contributed by atoms with Gasteiger partial charge in [0.15, 0.2) is 0 Å². The average Bonchev–Trinajstić information content (AvgIpc) is 3.03. The van der Waals surface area contributed by atoms with E-state index < -0.39 is 0 Å². The monoisotopic (exact) mass is 296 g/mol. The second-order valence-electron chi connectivity index (χ2n) is 5.44. The summed E-state index contributed by atoms with van der Waals surface area (Å²) in [5.74, 6) is -0.106. The van der Waals surface area contributed by atoms with Crippen LogP contribution in [-0.2, 0) is 6.54 Å². The standard InChI is InChI=1S/C14H24N4OS/c1-4-18-12(11(15)10(2)17-18)13(19)16-9-14(20-3)7-5-6-8-14/h4-9,15H2,1-3H3,(H,16,19). The molecule has 6 heteroatoms. The van der Waals surface area contributed by atoms with Crippen molar-refractivity contribution in [1.29, 1.82) is 0 Å². The third-order valence-electron chi connectivity index (χ3n) is 4.21. The Morgan fingerprint density at radius 3 is 2.70 bits per heavy atom. The lowest BCUT2D eigenvalue weighted by atomic mass is 10.1. The first-order valence-corrected chi connectivity index (χ1v) is 8.41. The number of nitrogens with one attached hydrogen (secondary N) is 1. The Morgan fingerprint density at radius 1 is 1.50 bits per heavy atom. The fraction of sp³-hybridized carbons (Fsp3) is 0.714. The number of nitrogens with zero attached hydrogens (tertiary/aromatic N) is 2. The van der Waals surface area contributed by atoms with Gasteiger partial charge in [-0.3, -0.25) is 9.48 Å². The maximum Gasteiger partial charge on any atom is 0.271 e. The smallest absolute Gasteiger partial charge is 0.271 e. The molecule has 3 N–H and O–H groups in total. The van der Waals surface area contributed by atoms with Crippen LogP contribution in [0.4, 0.5) is 5.69 Å². The van der Waals surface area contributed by atoms with Gasteiger partial charge in [0.2, 0.25) is 0 Å². The number of carbonyl (C=O) groups is 1. The van der Waals surface area contributed by atoms with Gasteiger partial charge in [-0.1, -0.05) is 12.8 Å². The van der Waals surface area contributed by atoms with Crippen molar-refractivity contribution in [3.63, 3.8) is 0 Å². The SMILES string of the molecule is CCn1nc(C)c(N)c1C(=O)NCC1(SC)CCCC1. The highest BCUT2D eigenvalue weighted by atomic mass is 32.2. The lowest BCUT2D eigenvalue weighted by Gasteiger charge is -2.26. The summed E-state index contributed by atoms with van der Waals surface area (Å²) in [6.07, 6.45) is 6.99. The lowest BCUT2D eigenvalue weighted by Crippen LogP contribution is -2.39. The minimum atomic E-state index is -0.106. The normalized spacial score (nSPS) is 17.4. The maximum atomic E-state index is 12.4. The molecule has 0 aliphatic heterocycles. The van der Waals surface area contributed by atoms with Gasteiger partial charge in [0.05, 0.1) is 11.4 Å². The molecule has 112 valence electrons. The van der Waals surface area contributed by atoms with E-state index in [1.165, 1.54) is 25.7 Å². The fourth-order valence-corrected chi connectivity index (χ4v) is 3.77. The number of anilines is 1. The Kier molecular flexibility index (Phi) is 4.62. The highest BCUT2D eigenvalue weighted by Crippen LogP contribution is 2.39. The van der Waals surface area contributed by atoms with Crippen LogP contribution < -0.4 is 11.1 Å². The van der Waals surface area contributed by atoms with Crippen LogP contribution in [0.3, 0.4) is 0 Å². The molecule has 1 heterocycles. The summed E-state index contributed by atoms with van der Waals surface area (Å²) in [5.41, 5.74) is 7.69. The van der Waals surface area contributed by atoms with Crippen LogP contribution in [-0.4, -0.2) is 33.2 Å². The number of thioether (sulfide) groups is 1. The van der Waals surface area contributed by atoms with Crippen LogP contribution in [0, 0.1) is 6.92 Å². The van der Waals surface area contributed by atoms with E-state index in [0.29, 0.717) is 24.5 Å². The molecule has 1 saturated carbocycles. The molecule has 2 rings (SSSR count). The highest BCUT2D eigenvalue weighted by Gasteiger charge is 2.33. The van der Waals surface area contributed by atoms with Gasteiger partial charge in [0, 0.05) is 17.8 Å². The van der Waals surface area contributed by atoms with Gasteiger partial charge in [-0.15, -0.1) is 0 Å². The number of hydrogen-bond acceptors (Lipinski definition) is 4. The van der Waals surface area contributed by atoms with Crippen LogP contribution >= 0.6 is 11.8 Å². The van der Waals surface area contributed by atoms with Crippen molar-refractivity contribution in [2.75, 3.05) is 18.5 Å². The molecule has 1 aliphatic rings. The summed E-state index contributed by atoms with van der Waals surface area (Å²) in [6.45, 7) is 5.15. The van der Waals surface area contributed by atoms with Crippen molar-refractivity contribution in [3.05, 3.63) is 11.4 Å². The molecule has 0 radical (unpaired) electrons. The Morgan fingerprint density at radius 2 is 2.15 bits per heavy atom. The molecule has 0 saturated heterocycles. The van der Waals surface area contributed by atoms with Crippen molar-refractivity contribution in [3.8, 4) is 0 Å². The first kappa shape index (κ1) is 15.2. The van der Waals surface area contributed by atoms with E-state index in [1.807, 2.05) is 25.6 Å². The number of amides is 1. The number of nitrogen functional groups attached to an aromatic ring is 1. The molecule has 1 fully saturated rings. The van der Waals surface area contributed by atoms with Crippen LogP contribution in [0.25, 0.3) is 0 Å². The zero-order valence-electron chi connectivity index (χ0n) is 12.5. The zero-order valence-corrected chi connectivity index (χ0v) is 13.3. The predicted molar refractivity (Wildman–Crippen MR) is 84.1 cm³/mol. The molecule has 1 amide bonds. The first-order valence-electron chi connectivity index (χ1n) is 7.19. The van der Waals surface area contributed by atoms with Crippen molar-refractivity contribution in [2.45, 2.75) is 50.8 Å². The van der Waals surface area contributed by atoms with Gasteiger partial charge in [0.25, 0.3) is 5.91 Å². The second-order valence-corrected chi connectivity index (χ2v) is 6.71. The Balaban J connectivity index is 2.09. The summed E-state index contributed by atoms with van der Waals surface area (Å²) in [4.78, 5) is 12.4. The average molecular weight is 296 g/mol. The number of nitrogens with two attached hydrogens (primary N) is 1. The van der Waals surface area contributed by atoms with Crippen LogP contribution in [0.5, 0.6) is 0 Å². The van der Waals surface area contributed by atoms with E-state index >= 15 is 0 Å². The van der Waals surface area contributed by atoms with Crippen LogP contribution in [0.2, 0.25) is 0 Å². The van der Waals surface area contributed by atoms with Gasteiger partial charge in [-0.05, 0) is 32.9 Å². The molecular weight excluding hydrogens is 272 g/mol. The molecule has 20 heavy (non-hydrogen) atoms. The summed E-state index contributed by atoms with van der Waals surface area (Å²) in [7, 11) is 0. The minimum absolute atomic E-state index is 0.106. The van der Waals surface area contributed by atoms with E-state index in [4.69, 9.17) is 5.73 Å². The summed E-state index contributed by atoms with van der Waals surface area (Å²) in [5, 5.41) is 7.35. The van der Waals surface area contributed by atoms with Gasteiger partial charge < -0.3 is 11.1 Å². The molecule has 1 aromatic rings. The minimum Gasteiger partial charge on any atom is -0.395 e. The topological polar surface area (TPSA) is 72.9 Å². The van der Waals surface area contributed by atoms with Crippen LogP contribution in [0.1, 0.15) is 48.8 Å². The molecular formula is C14H24N4OS. The van der Waals surface area contributed by atoms with Crippen molar-refractivity contribution in [1.82, 2.24) is 15.1 Å². The third-order valence-corrected chi connectivity index (χ3v) is 5.63. The van der Waals surface area contributed by atoms with E-state index in [2.05, 4.69) is 16.7 Å². The Labute approximate surface area is 124 Å². The van der Waals surface area contributed by atoms with Gasteiger partial charge >= 0.3 is 0 Å². The van der Waals surface area contributed by atoms with Gasteiger partial charge in [-0.2, -0.15) is 16.9 Å². The molecule has 0 aromatic carbocycles. The van der Waals surface area contributed by atoms with Gasteiger partial charge in [0.1, 0.15) is 5.69 Å². The Bertz CT molecular complexity index is 492. The van der Waals surface area contributed by atoms with E-state index in [-0.39, 0.29) is 10.7 Å². The van der Waals surface area contributed by atoms with Crippen molar-refractivity contribution < 1.29 is 4.79 Å². The number of aromatic nitrogens is 2. The van der Waals surface area contributed by atoms with Gasteiger partial charge in [-0.25, -0.2) is 0 Å².